The summed E-state index contributed by atoms with van der Waals surface area (Å²) in [6.07, 6.45) is 7.27. The zero-order chi connectivity index (χ0) is 31.6. The summed E-state index contributed by atoms with van der Waals surface area (Å²) in [4.78, 5) is 45.5. The fraction of sp³-hybridized carbons (Fsp3) is 0.333. The first-order valence-corrected chi connectivity index (χ1v) is 14.9. The predicted molar refractivity (Wildman–Crippen MR) is 164 cm³/mol. The zero-order valence-electron chi connectivity index (χ0n) is 24.7. The highest BCUT2D eigenvalue weighted by atomic mass is 19.1. The molecule has 2 aliphatic heterocycles. The lowest BCUT2D eigenvalue weighted by molar-refractivity contribution is -0.119. The van der Waals surface area contributed by atoms with Gasteiger partial charge in [0.2, 0.25) is 5.91 Å². The van der Waals surface area contributed by atoms with Crippen molar-refractivity contribution in [2.45, 2.75) is 38.1 Å². The van der Waals surface area contributed by atoms with E-state index in [0.717, 1.165) is 45.1 Å². The molecule has 10 nitrogen and oxygen atoms in total. The van der Waals surface area contributed by atoms with Crippen molar-refractivity contribution < 1.29 is 27.9 Å². The number of hydrogen-bond donors (Lipinski definition) is 3. The highest BCUT2D eigenvalue weighted by Crippen LogP contribution is 2.28. The van der Waals surface area contributed by atoms with Gasteiger partial charge in [0, 0.05) is 49.3 Å². The predicted octanol–water partition coefficient (Wildman–Crippen LogP) is 4.66. The van der Waals surface area contributed by atoms with Crippen molar-refractivity contribution in [3.8, 4) is 23.3 Å². The Labute approximate surface area is 260 Å². The molecule has 5 amide bonds. The van der Waals surface area contributed by atoms with Gasteiger partial charge in [-0.2, -0.15) is 0 Å². The molecule has 2 aromatic carbocycles. The summed E-state index contributed by atoms with van der Waals surface area (Å²) in [6, 6.07) is 9.91. The fourth-order valence-electron chi connectivity index (χ4n) is 5.38. The van der Waals surface area contributed by atoms with Crippen LogP contribution < -0.4 is 20.7 Å². The van der Waals surface area contributed by atoms with Gasteiger partial charge in [-0.05, 0) is 68.6 Å². The Hall–Kier alpha value is -5.02. The van der Waals surface area contributed by atoms with Crippen molar-refractivity contribution in [3.63, 3.8) is 0 Å². The second-order valence-electron chi connectivity index (χ2n) is 10.9. The lowest BCUT2D eigenvalue weighted by atomic mass is 10.1. The maximum atomic E-state index is 14.9. The number of rotatable bonds is 8. The Balaban J connectivity index is 1.12. The van der Waals surface area contributed by atoms with Crippen LogP contribution >= 0.6 is 0 Å². The van der Waals surface area contributed by atoms with E-state index in [2.05, 4.69) is 37.7 Å². The van der Waals surface area contributed by atoms with Crippen molar-refractivity contribution in [2.75, 3.05) is 38.0 Å². The van der Waals surface area contributed by atoms with Gasteiger partial charge < -0.3 is 25.2 Å². The molecule has 1 aromatic heterocycles. The number of carbonyl (C=O) groups is 3. The van der Waals surface area contributed by atoms with Gasteiger partial charge in [0.15, 0.2) is 11.6 Å². The summed E-state index contributed by atoms with van der Waals surface area (Å²) < 4.78 is 33.7. The number of nitrogens with one attached hydrogen (secondary N) is 3. The molecule has 1 unspecified atom stereocenters. The van der Waals surface area contributed by atoms with E-state index >= 15 is 0 Å². The third-order valence-electron chi connectivity index (χ3n) is 7.58. The molecule has 5 rings (SSSR count). The van der Waals surface area contributed by atoms with Crippen LogP contribution in [-0.4, -0.2) is 71.5 Å². The first-order valence-electron chi connectivity index (χ1n) is 14.9. The Morgan fingerprint density at radius 1 is 0.978 bits per heavy atom. The number of anilines is 1. The van der Waals surface area contributed by atoms with Gasteiger partial charge in [0.1, 0.15) is 11.6 Å². The normalized spacial score (nSPS) is 16.0. The number of amides is 5. The molecule has 234 valence electrons. The smallest absolute Gasteiger partial charge is 0.325 e. The molecule has 0 aliphatic carbocycles. The molecule has 0 radical (unpaired) electrons. The summed E-state index contributed by atoms with van der Waals surface area (Å²) in [5.41, 5.74) is 1.03. The van der Waals surface area contributed by atoms with E-state index in [4.69, 9.17) is 4.74 Å². The van der Waals surface area contributed by atoms with Crippen LogP contribution in [0.5, 0.6) is 11.5 Å². The molecule has 3 aromatic rings. The van der Waals surface area contributed by atoms with E-state index in [0.29, 0.717) is 11.1 Å². The zero-order valence-corrected chi connectivity index (χ0v) is 24.7. The number of benzene rings is 2. The van der Waals surface area contributed by atoms with Crippen LogP contribution in [0.1, 0.15) is 36.8 Å². The highest BCUT2D eigenvalue weighted by Gasteiger charge is 2.30. The molecule has 1 atom stereocenters. The van der Waals surface area contributed by atoms with Crippen molar-refractivity contribution in [1.29, 1.82) is 0 Å². The lowest BCUT2D eigenvalue weighted by Crippen LogP contribution is -2.47. The molecular formula is C33H34F2N6O4. The van der Waals surface area contributed by atoms with E-state index in [-0.39, 0.29) is 42.2 Å². The minimum absolute atomic E-state index is 0.0955. The van der Waals surface area contributed by atoms with Crippen molar-refractivity contribution in [1.82, 2.24) is 25.4 Å². The summed E-state index contributed by atoms with van der Waals surface area (Å²) >= 11 is 0. The number of pyridine rings is 1. The summed E-state index contributed by atoms with van der Waals surface area (Å²) in [5, 5.41) is 7.42. The average molecular weight is 617 g/mol. The third kappa shape index (κ3) is 9.00. The summed E-state index contributed by atoms with van der Waals surface area (Å²) in [6.45, 7) is 3.97. The lowest BCUT2D eigenvalue weighted by Gasteiger charge is -2.28. The quantitative estimate of drug-likeness (QED) is 0.317. The highest BCUT2D eigenvalue weighted by molar-refractivity contribution is 6.01. The number of likely N-dealkylation sites (tertiary alicyclic amines) is 2. The first-order chi connectivity index (χ1) is 21.8. The van der Waals surface area contributed by atoms with Crippen molar-refractivity contribution >= 4 is 23.7 Å². The molecule has 0 spiro atoms. The molecule has 2 fully saturated rings. The van der Waals surface area contributed by atoms with E-state index in [1.807, 2.05) is 4.90 Å². The minimum Gasteiger partial charge on any atom is -0.453 e. The van der Waals surface area contributed by atoms with Gasteiger partial charge in [-0.15, -0.1) is 0 Å². The standard InChI is InChI=1S/C33H34F2N6O4/c34-25-9-7-23(8-10-25)19-31(42)39-32(43)38-26-11-12-30(28(35)20-26)45-29-13-15-36-21-24(29)5-3-14-37-33(44)41-18-4-6-27(41)22-40-16-1-2-17-40/h7-13,15,20-21,27H,1-2,4,6,14,16-19,22H2,(H,37,44)(H2,38,39,42,43). The molecule has 45 heavy (non-hydrogen) atoms. The molecule has 0 saturated carbocycles. The largest absolute Gasteiger partial charge is 0.453 e. The molecule has 12 heteroatoms. The number of carbonyl (C=O) groups excluding carboxylic acids is 3. The van der Waals surface area contributed by atoms with Gasteiger partial charge in [-0.1, -0.05) is 24.0 Å². The summed E-state index contributed by atoms with van der Waals surface area (Å²) in [7, 11) is 0. The molecule has 3 heterocycles. The topological polar surface area (TPSA) is 116 Å². The van der Waals surface area contributed by atoms with Crippen LogP contribution in [0.2, 0.25) is 0 Å². The number of nitrogens with zero attached hydrogens (tertiary/aromatic N) is 3. The SMILES string of the molecule is O=C(Cc1ccc(F)cc1)NC(=O)Nc1ccc(Oc2ccncc2C#CCNC(=O)N2CCCC2CN2CCCC2)c(F)c1. The van der Waals surface area contributed by atoms with Crippen LogP contribution in [0.25, 0.3) is 0 Å². The Bertz CT molecular complexity index is 1580. The molecule has 2 saturated heterocycles. The van der Waals surface area contributed by atoms with Crippen LogP contribution in [-0.2, 0) is 11.2 Å². The van der Waals surface area contributed by atoms with Crippen LogP contribution in [0.4, 0.5) is 24.1 Å². The minimum atomic E-state index is -0.846. The Morgan fingerprint density at radius 2 is 1.78 bits per heavy atom. The monoisotopic (exact) mass is 616 g/mol. The molecule has 2 aliphatic rings. The molecule has 0 bridgehead atoms. The van der Waals surface area contributed by atoms with Gasteiger partial charge in [0.25, 0.3) is 0 Å². The number of urea groups is 2. The molecular weight excluding hydrogens is 582 g/mol. The third-order valence-corrected chi connectivity index (χ3v) is 7.58. The maximum Gasteiger partial charge on any atom is 0.325 e. The van der Waals surface area contributed by atoms with Gasteiger partial charge in [-0.25, -0.2) is 18.4 Å². The van der Waals surface area contributed by atoms with Gasteiger partial charge in [-0.3, -0.25) is 15.1 Å². The summed E-state index contributed by atoms with van der Waals surface area (Å²) in [5.74, 6) is 4.19. The van der Waals surface area contributed by atoms with Crippen molar-refractivity contribution in [2.24, 2.45) is 0 Å². The van der Waals surface area contributed by atoms with E-state index < -0.39 is 23.6 Å². The number of hydrogen-bond acceptors (Lipinski definition) is 6. The number of aromatic nitrogens is 1. The molecule has 3 N–H and O–H groups in total. The number of imide groups is 1. The van der Waals surface area contributed by atoms with Crippen molar-refractivity contribution in [3.05, 3.63) is 83.7 Å². The van der Waals surface area contributed by atoms with E-state index in [1.54, 1.807) is 6.07 Å². The number of ether oxygens (including phenoxy) is 1. The van der Waals surface area contributed by atoms with E-state index in [9.17, 15) is 23.2 Å². The van der Waals surface area contributed by atoms with Crippen LogP contribution in [0.3, 0.4) is 0 Å². The van der Waals surface area contributed by atoms with Crippen LogP contribution in [0.15, 0.2) is 60.9 Å². The maximum absolute atomic E-state index is 14.9. The van der Waals surface area contributed by atoms with E-state index in [1.165, 1.54) is 61.6 Å². The van der Waals surface area contributed by atoms with Gasteiger partial charge >= 0.3 is 12.1 Å². The number of halogens is 2. The van der Waals surface area contributed by atoms with Crippen LogP contribution in [0, 0.1) is 23.5 Å². The first kappa shape index (κ1) is 31.4. The Kier molecular flexibility index (Phi) is 10.6. The average Bonchev–Trinajstić information content (AvgIpc) is 3.71. The second kappa shape index (κ2) is 15.1. The second-order valence-corrected chi connectivity index (χ2v) is 10.9. The Morgan fingerprint density at radius 3 is 2.56 bits per heavy atom. The fourth-order valence-corrected chi connectivity index (χ4v) is 5.38. The van der Waals surface area contributed by atoms with Gasteiger partial charge in [0.05, 0.1) is 18.5 Å².